The summed E-state index contributed by atoms with van der Waals surface area (Å²) in [6.07, 6.45) is 0. The Kier molecular flexibility index (Phi) is 4.49. The third-order valence-electron chi connectivity index (χ3n) is 2.90. The number of aryl methyl sites for hydroxylation is 1. The second kappa shape index (κ2) is 6.34. The average Bonchev–Trinajstić information content (AvgIpc) is 2.51. The van der Waals surface area contributed by atoms with Crippen molar-refractivity contribution >= 4 is 17.6 Å². The Hall–Kier alpha value is -3.10. The lowest BCUT2D eigenvalue weighted by atomic mass is 10.1. The number of hydrogen-bond donors (Lipinski definition) is 1. The summed E-state index contributed by atoms with van der Waals surface area (Å²) in [4.78, 5) is 34.6. The van der Waals surface area contributed by atoms with Crippen molar-refractivity contribution in [1.82, 2.24) is 9.78 Å². The lowest BCUT2D eigenvalue weighted by molar-refractivity contribution is 0.0595. The van der Waals surface area contributed by atoms with Crippen LogP contribution in [0, 0.1) is 11.6 Å². The normalized spacial score (nSPS) is 10.3. The van der Waals surface area contributed by atoms with E-state index in [4.69, 9.17) is 0 Å². The number of ether oxygens (including phenoxy) is 1. The largest absolute Gasteiger partial charge is 0.465 e. The van der Waals surface area contributed by atoms with Crippen molar-refractivity contribution < 1.29 is 23.1 Å². The highest BCUT2D eigenvalue weighted by molar-refractivity contribution is 6.03. The van der Waals surface area contributed by atoms with Crippen LogP contribution in [0.1, 0.15) is 20.8 Å². The van der Waals surface area contributed by atoms with Gasteiger partial charge in [0.15, 0.2) is 0 Å². The first-order valence-corrected chi connectivity index (χ1v) is 6.26. The molecule has 0 aliphatic carbocycles. The monoisotopic (exact) mass is 323 g/mol. The fourth-order valence-corrected chi connectivity index (χ4v) is 1.72. The summed E-state index contributed by atoms with van der Waals surface area (Å²) in [5.74, 6) is -4.04. The highest BCUT2D eigenvalue weighted by Crippen LogP contribution is 2.20. The lowest BCUT2D eigenvalue weighted by Crippen LogP contribution is -2.24. The number of methoxy groups -OCH3 is 1. The second-order valence-corrected chi connectivity index (χ2v) is 4.44. The maximum absolute atomic E-state index is 13.7. The van der Waals surface area contributed by atoms with Crippen molar-refractivity contribution in [3.8, 4) is 0 Å². The van der Waals surface area contributed by atoms with E-state index in [0.29, 0.717) is 6.07 Å². The van der Waals surface area contributed by atoms with Crippen LogP contribution in [0.3, 0.4) is 0 Å². The van der Waals surface area contributed by atoms with E-state index in [-0.39, 0.29) is 5.69 Å². The first-order valence-electron chi connectivity index (χ1n) is 6.26. The zero-order valence-electron chi connectivity index (χ0n) is 12.1. The summed E-state index contributed by atoms with van der Waals surface area (Å²) in [6.45, 7) is 0. The summed E-state index contributed by atoms with van der Waals surface area (Å²) >= 11 is 0. The Morgan fingerprint density at radius 3 is 2.52 bits per heavy atom. The van der Waals surface area contributed by atoms with Gasteiger partial charge in [0.25, 0.3) is 11.5 Å². The smallest absolute Gasteiger partial charge is 0.340 e. The summed E-state index contributed by atoms with van der Waals surface area (Å²) in [5.41, 5.74) is -1.54. The fraction of sp³-hybridized carbons (Fsp3) is 0.143. The van der Waals surface area contributed by atoms with E-state index in [1.165, 1.54) is 7.05 Å². The molecule has 0 bridgehead atoms. The highest BCUT2D eigenvalue weighted by atomic mass is 19.1. The zero-order valence-corrected chi connectivity index (χ0v) is 12.1. The van der Waals surface area contributed by atoms with Gasteiger partial charge in [-0.05, 0) is 12.1 Å². The summed E-state index contributed by atoms with van der Waals surface area (Å²) in [7, 11) is 2.38. The molecular weight excluding hydrogens is 312 g/mol. The van der Waals surface area contributed by atoms with E-state index in [1.807, 2.05) is 0 Å². The molecule has 0 radical (unpaired) electrons. The van der Waals surface area contributed by atoms with Crippen LogP contribution in [0.25, 0.3) is 0 Å². The Balaban J connectivity index is 2.35. The first-order chi connectivity index (χ1) is 10.8. The van der Waals surface area contributed by atoms with Gasteiger partial charge in [-0.25, -0.2) is 18.3 Å². The number of nitrogens with one attached hydrogen (secondary N) is 1. The summed E-state index contributed by atoms with van der Waals surface area (Å²) in [5, 5.41) is 5.85. The van der Waals surface area contributed by atoms with Gasteiger partial charge in [-0.3, -0.25) is 9.59 Å². The number of carbonyl (C=O) groups excluding carboxylic acids is 2. The van der Waals surface area contributed by atoms with E-state index in [0.717, 1.165) is 30.0 Å². The number of nitrogens with zero attached hydrogens (tertiary/aromatic N) is 2. The molecule has 1 aromatic carbocycles. The number of amides is 1. The van der Waals surface area contributed by atoms with E-state index < -0.39 is 40.3 Å². The van der Waals surface area contributed by atoms with Crippen LogP contribution in [0.15, 0.2) is 29.1 Å². The van der Waals surface area contributed by atoms with Crippen molar-refractivity contribution in [2.75, 3.05) is 12.4 Å². The Bertz CT molecular complexity index is 848. The predicted octanol–water partition coefficient (Wildman–Crippen LogP) is 1.10. The van der Waals surface area contributed by atoms with Crippen LogP contribution in [-0.2, 0) is 11.8 Å². The van der Waals surface area contributed by atoms with Gasteiger partial charge >= 0.3 is 5.97 Å². The van der Waals surface area contributed by atoms with Gasteiger partial charge < -0.3 is 10.1 Å². The fourth-order valence-electron chi connectivity index (χ4n) is 1.72. The molecule has 0 aliphatic rings. The van der Waals surface area contributed by atoms with Gasteiger partial charge in [0.2, 0.25) is 0 Å². The molecule has 0 spiro atoms. The van der Waals surface area contributed by atoms with Crippen molar-refractivity contribution in [3.05, 3.63) is 57.5 Å². The highest BCUT2D eigenvalue weighted by Gasteiger charge is 2.19. The van der Waals surface area contributed by atoms with Gasteiger partial charge in [-0.15, -0.1) is 0 Å². The maximum atomic E-state index is 13.7. The number of esters is 1. The topological polar surface area (TPSA) is 90.3 Å². The molecule has 1 amide bonds. The van der Waals surface area contributed by atoms with Crippen LogP contribution in [0.5, 0.6) is 0 Å². The number of hydrogen-bond acceptors (Lipinski definition) is 5. The Labute approximate surface area is 128 Å². The first kappa shape index (κ1) is 16.3. The quantitative estimate of drug-likeness (QED) is 0.854. The molecule has 9 heteroatoms. The second-order valence-electron chi connectivity index (χ2n) is 4.44. The number of halogens is 2. The third kappa shape index (κ3) is 3.39. The van der Waals surface area contributed by atoms with Crippen LogP contribution >= 0.6 is 0 Å². The summed E-state index contributed by atoms with van der Waals surface area (Å²) < 4.78 is 32.5. The molecular formula is C14H11F2N3O4. The minimum atomic E-state index is -1.12. The van der Waals surface area contributed by atoms with E-state index in [1.54, 1.807) is 0 Å². The van der Waals surface area contributed by atoms with Crippen molar-refractivity contribution in [1.29, 1.82) is 0 Å². The molecule has 1 N–H and O–H groups in total. The molecule has 0 fully saturated rings. The Morgan fingerprint density at radius 1 is 1.22 bits per heavy atom. The number of rotatable bonds is 3. The van der Waals surface area contributed by atoms with Gasteiger partial charge in [-0.2, -0.15) is 5.10 Å². The SMILES string of the molecule is COC(=O)c1cc(NC(=O)c2ccc(=O)n(C)n2)c(F)cc1F. The van der Waals surface area contributed by atoms with Crippen LogP contribution in [-0.4, -0.2) is 28.8 Å². The molecule has 120 valence electrons. The van der Waals surface area contributed by atoms with Crippen molar-refractivity contribution in [3.63, 3.8) is 0 Å². The third-order valence-corrected chi connectivity index (χ3v) is 2.90. The molecule has 1 heterocycles. The zero-order chi connectivity index (χ0) is 17.1. The molecule has 23 heavy (non-hydrogen) atoms. The van der Waals surface area contributed by atoms with E-state index in [2.05, 4.69) is 15.2 Å². The predicted molar refractivity (Wildman–Crippen MR) is 75.1 cm³/mol. The maximum Gasteiger partial charge on any atom is 0.340 e. The minimum absolute atomic E-state index is 0.157. The van der Waals surface area contributed by atoms with Crippen LogP contribution in [0.2, 0.25) is 0 Å². The Morgan fingerprint density at radius 2 is 1.91 bits per heavy atom. The molecule has 7 nitrogen and oxygen atoms in total. The number of anilines is 1. The molecule has 2 rings (SSSR count). The molecule has 0 saturated carbocycles. The van der Waals surface area contributed by atoms with Gasteiger partial charge in [0, 0.05) is 19.2 Å². The molecule has 2 aromatic rings. The van der Waals surface area contributed by atoms with Gasteiger partial charge in [-0.1, -0.05) is 0 Å². The lowest BCUT2D eigenvalue weighted by Gasteiger charge is -2.09. The molecule has 0 unspecified atom stereocenters. The van der Waals surface area contributed by atoms with Gasteiger partial charge in [0.05, 0.1) is 18.4 Å². The molecule has 0 atom stereocenters. The summed E-state index contributed by atoms with van der Waals surface area (Å²) in [6, 6.07) is 3.54. The minimum Gasteiger partial charge on any atom is -0.465 e. The van der Waals surface area contributed by atoms with Crippen LogP contribution in [0.4, 0.5) is 14.5 Å². The molecule has 1 aromatic heterocycles. The molecule has 0 saturated heterocycles. The molecule has 0 aliphatic heterocycles. The number of carbonyl (C=O) groups is 2. The van der Waals surface area contributed by atoms with Crippen molar-refractivity contribution in [2.24, 2.45) is 7.05 Å². The number of benzene rings is 1. The number of aromatic nitrogens is 2. The average molecular weight is 323 g/mol. The standard InChI is InChI=1S/C14H11F2N3O4/c1-19-12(20)4-3-10(18-19)13(21)17-11-5-7(14(22)23-2)8(15)6-9(11)16/h3-6H,1-2H3,(H,17,21). The van der Waals surface area contributed by atoms with Crippen LogP contribution < -0.4 is 10.9 Å². The van der Waals surface area contributed by atoms with Crippen molar-refractivity contribution in [2.45, 2.75) is 0 Å². The van der Waals surface area contributed by atoms with E-state index >= 15 is 0 Å². The van der Waals surface area contributed by atoms with Gasteiger partial charge in [0.1, 0.15) is 17.3 Å². The van der Waals surface area contributed by atoms with E-state index in [9.17, 15) is 23.2 Å².